The van der Waals surface area contributed by atoms with Crippen molar-refractivity contribution in [3.05, 3.63) is 0 Å². The van der Waals surface area contributed by atoms with Gasteiger partial charge in [0.1, 0.15) is 6.04 Å². The van der Waals surface area contributed by atoms with Crippen LogP contribution in [0, 0.1) is 0 Å². The number of likely N-dealkylation sites (N-methyl/N-ethyl adjacent to an activating group) is 1. The summed E-state index contributed by atoms with van der Waals surface area (Å²) in [4.78, 5) is 13.9. The maximum Gasteiger partial charge on any atom is 0.324 e. The number of esters is 1. The van der Waals surface area contributed by atoms with Crippen LogP contribution in [0.25, 0.3) is 0 Å². The van der Waals surface area contributed by atoms with E-state index in [4.69, 9.17) is 9.47 Å². The first-order valence-corrected chi connectivity index (χ1v) is 6.86. The van der Waals surface area contributed by atoms with Crippen molar-refractivity contribution in [2.24, 2.45) is 0 Å². The standard InChI is InChI=1S/C13H26N2O3/c1-4-17-9-8-15(3)10-12(13(16)18-5-2)14-11-6-7-11/h11-12,14H,4-10H2,1-3H3. The summed E-state index contributed by atoms with van der Waals surface area (Å²) >= 11 is 0. The third-order valence-corrected chi connectivity index (χ3v) is 2.90. The van der Waals surface area contributed by atoms with Crippen molar-refractivity contribution >= 4 is 5.97 Å². The van der Waals surface area contributed by atoms with Crippen LogP contribution in [0.2, 0.25) is 0 Å². The molecule has 106 valence electrons. The van der Waals surface area contributed by atoms with E-state index in [0.717, 1.165) is 13.2 Å². The maximum absolute atomic E-state index is 11.8. The molecule has 0 radical (unpaired) electrons. The summed E-state index contributed by atoms with van der Waals surface area (Å²) in [5, 5.41) is 3.34. The van der Waals surface area contributed by atoms with E-state index >= 15 is 0 Å². The highest BCUT2D eigenvalue weighted by molar-refractivity contribution is 5.76. The van der Waals surface area contributed by atoms with Crippen LogP contribution in [0.15, 0.2) is 0 Å². The monoisotopic (exact) mass is 258 g/mol. The molecule has 0 bridgehead atoms. The van der Waals surface area contributed by atoms with Crippen molar-refractivity contribution in [2.45, 2.75) is 38.8 Å². The van der Waals surface area contributed by atoms with Gasteiger partial charge in [-0.15, -0.1) is 0 Å². The molecular formula is C13H26N2O3. The van der Waals surface area contributed by atoms with Crippen molar-refractivity contribution in [1.29, 1.82) is 0 Å². The zero-order valence-electron chi connectivity index (χ0n) is 11.8. The Kier molecular flexibility index (Phi) is 7.23. The van der Waals surface area contributed by atoms with E-state index in [1.165, 1.54) is 12.8 Å². The van der Waals surface area contributed by atoms with E-state index < -0.39 is 0 Å². The number of ether oxygens (including phenoxy) is 2. The van der Waals surface area contributed by atoms with Gasteiger partial charge in [-0.1, -0.05) is 0 Å². The Balaban J connectivity index is 2.31. The second kappa shape index (κ2) is 8.45. The molecule has 0 aromatic rings. The van der Waals surface area contributed by atoms with E-state index in [-0.39, 0.29) is 12.0 Å². The lowest BCUT2D eigenvalue weighted by Crippen LogP contribution is -2.47. The van der Waals surface area contributed by atoms with E-state index in [2.05, 4.69) is 10.2 Å². The van der Waals surface area contributed by atoms with Gasteiger partial charge < -0.3 is 19.7 Å². The smallest absolute Gasteiger partial charge is 0.324 e. The average molecular weight is 258 g/mol. The van der Waals surface area contributed by atoms with Gasteiger partial charge in [-0.2, -0.15) is 0 Å². The molecular weight excluding hydrogens is 232 g/mol. The molecule has 1 rings (SSSR count). The van der Waals surface area contributed by atoms with Gasteiger partial charge in [0.25, 0.3) is 0 Å². The lowest BCUT2D eigenvalue weighted by Gasteiger charge is -2.23. The Labute approximate surface area is 110 Å². The molecule has 0 aromatic carbocycles. The molecule has 1 atom stereocenters. The van der Waals surface area contributed by atoms with Crippen molar-refractivity contribution < 1.29 is 14.3 Å². The van der Waals surface area contributed by atoms with Crippen molar-refractivity contribution in [3.8, 4) is 0 Å². The van der Waals surface area contributed by atoms with Crippen LogP contribution in [0.4, 0.5) is 0 Å². The fourth-order valence-corrected chi connectivity index (χ4v) is 1.74. The van der Waals surface area contributed by atoms with E-state index in [9.17, 15) is 4.79 Å². The number of carbonyl (C=O) groups is 1. The molecule has 0 spiro atoms. The van der Waals surface area contributed by atoms with Crippen LogP contribution in [0.3, 0.4) is 0 Å². The van der Waals surface area contributed by atoms with Crippen molar-refractivity contribution in [3.63, 3.8) is 0 Å². The van der Waals surface area contributed by atoms with E-state index in [1.54, 1.807) is 0 Å². The highest BCUT2D eigenvalue weighted by Gasteiger charge is 2.29. The highest BCUT2D eigenvalue weighted by Crippen LogP contribution is 2.19. The van der Waals surface area contributed by atoms with Crippen LogP contribution in [-0.2, 0) is 14.3 Å². The van der Waals surface area contributed by atoms with Crippen LogP contribution in [0.1, 0.15) is 26.7 Å². The molecule has 1 aliphatic rings. The van der Waals surface area contributed by atoms with Gasteiger partial charge in [0.2, 0.25) is 0 Å². The summed E-state index contributed by atoms with van der Waals surface area (Å²) in [6.45, 7) is 7.19. The molecule has 1 fully saturated rings. The van der Waals surface area contributed by atoms with Crippen LogP contribution >= 0.6 is 0 Å². The molecule has 18 heavy (non-hydrogen) atoms. The molecule has 1 N–H and O–H groups in total. The Morgan fingerprint density at radius 2 is 2.11 bits per heavy atom. The van der Waals surface area contributed by atoms with Gasteiger partial charge in [-0.25, -0.2) is 0 Å². The molecule has 1 unspecified atom stereocenters. The number of carbonyl (C=O) groups excluding carboxylic acids is 1. The Morgan fingerprint density at radius 1 is 1.39 bits per heavy atom. The fraction of sp³-hybridized carbons (Fsp3) is 0.923. The van der Waals surface area contributed by atoms with Gasteiger partial charge in [0.05, 0.1) is 13.2 Å². The van der Waals surface area contributed by atoms with Gasteiger partial charge >= 0.3 is 5.97 Å². The topological polar surface area (TPSA) is 50.8 Å². The van der Waals surface area contributed by atoms with E-state index in [0.29, 0.717) is 25.8 Å². The van der Waals surface area contributed by atoms with Gasteiger partial charge in [0.15, 0.2) is 0 Å². The summed E-state index contributed by atoms with van der Waals surface area (Å²) in [6, 6.07) is 0.281. The quantitative estimate of drug-likeness (QED) is 0.460. The van der Waals surface area contributed by atoms with E-state index in [1.807, 2.05) is 20.9 Å². The molecule has 0 aromatic heterocycles. The fourth-order valence-electron chi connectivity index (χ4n) is 1.74. The first-order valence-electron chi connectivity index (χ1n) is 6.86. The Hall–Kier alpha value is -0.650. The van der Waals surface area contributed by atoms with Crippen LogP contribution in [-0.4, -0.2) is 62.9 Å². The largest absolute Gasteiger partial charge is 0.465 e. The Morgan fingerprint density at radius 3 is 2.67 bits per heavy atom. The molecule has 0 aliphatic heterocycles. The first-order chi connectivity index (χ1) is 8.67. The number of nitrogens with one attached hydrogen (secondary N) is 1. The summed E-state index contributed by atoms with van der Waals surface area (Å²) in [5.41, 5.74) is 0. The third kappa shape index (κ3) is 6.33. The predicted octanol–water partition coefficient (Wildman–Crippen LogP) is 0.638. The van der Waals surface area contributed by atoms with Gasteiger partial charge in [0, 0.05) is 25.7 Å². The average Bonchev–Trinajstić information content (AvgIpc) is 3.13. The minimum Gasteiger partial charge on any atom is -0.465 e. The first kappa shape index (κ1) is 15.4. The lowest BCUT2D eigenvalue weighted by molar-refractivity contribution is -0.146. The second-order valence-electron chi connectivity index (χ2n) is 4.70. The van der Waals surface area contributed by atoms with Crippen molar-refractivity contribution in [1.82, 2.24) is 10.2 Å². The molecule has 0 saturated heterocycles. The second-order valence-corrected chi connectivity index (χ2v) is 4.70. The molecule has 1 aliphatic carbocycles. The minimum absolute atomic E-state index is 0.146. The molecule has 5 heteroatoms. The molecule has 5 nitrogen and oxygen atoms in total. The molecule has 0 heterocycles. The summed E-state index contributed by atoms with van der Waals surface area (Å²) in [6.07, 6.45) is 2.33. The summed E-state index contributed by atoms with van der Waals surface area (Å²) < 4.78 is 10.4. The normalized spacial score (nSPS) is 16.9. The molecule has 0 amide bonds. The number of hydrogen-bond donors (Lipinski definition) is 1. The minimum atomic E-state index is -0.218. The predicted molar refractivity (Wildman–Crippen MR) is 70.6 cm³/mol. The third-order valence-electron chi connectivity index (χ3n) is 2.90. The highest BCUT2D eigenvalue weighted by atomic mass is 16.5. The number of rotatable bonds is 10. The SMILES string of the molecule is CCOCCN(C)CC(NC1CC1)C(=O)OCC. The van der Waals surface area contributed by atoms with Crippen molar-refractivity contribution in [2.75, 3.05) is 40.0 Å². The molecule has 1 saturated carbocycles. The van der Waals surface area contributed by atoms with Crippen LogP contribution < -0.4 is 5.32 Å². The summed E-state index contributed by atoms with van der Waals surface area (Å²) in [5.74, 6) is -0.146. The number of hydrogen-bond acceptors (Lipinski definition) is 5. The lowest BCUT2D eigenvalue weighted by atomic mass is 10.2. The maximum atomic E-state index is 11.8. The van der Waals surface area contributed by atoms with Gasteiger partial charge in [-0.3, -0.25) is 4.79 Å². The number of nitrogens with zero attached hydrogens (tertiary/aromatic N) is 1. The summed E-state index contributed by atoms with van der Waals surface area (Å²) in [7, 11) is 2.00. The van der Waals surface area contributed by atoms with Gasteiger partial charge in [-0.05, 0) is 33.7 Å². The van der Waals surface area contributed by atoms with Crippen LogP contribution in [0.5, 0.6) is 0 Å². The zero-order chi connectivity index (χ0) is 13.4. The Bertz CT molecular complexity index is 244. The zero-order valence-corrected chi connectivity index (χ0v) is 11.8.